The van der Waals surface area contributed by atoms with Crippen molar-refractivity contribution >= 4 is 17.6 Å². The first-order valence-electron chi connectivity index (χ1n) is 5.85. The quantitative estimate of drug-likeness (QED) is 0.647. The van der Waals surface area contributed by atoms with Gasteiger partial charge >= 0.3 is 5.97 Å². The predicted molar refractivity (Wildman–Crippen MR) is 66.8 cm³/mol. The number of rotatable bonds is 7. The molecular weight excluding hydrogens is 236 g/mol. The van der Waals surface area contributed by atoms with Crippen LogP contribution in [0.15, 0.2) is 6.20 Å². The monoisotopic (exact) mass is 254 g/mol. The summed E-state index contributed by atoms with van der Waals surface area (Å²) in [7, 11) is 0. The summed E-state index contributed by atoms with van der Waals surface area (Å²) in [6, 6.07) is 0. The lowest BCUT2D eigenvalue weighted by molar-refractivity contribution is -0.117. The van der Waals surface area contributed by atoms with Gasteiger partial charge in [0, 0.05) is 18.5 Å². The molecule has 3 N–H and O–H groups in total. The van der Waals surface area contributed by atoms with Gasteiger partial charge in [-0.15, -0.1) is 0 Å². The number of carbonyl (C=O) groups excluding carboxylic acids is 1. The van der Waals surface area contributed by atoms with Crippen molar-refractivity contribution < 1.29 is 19.4 Å². The van der Waals surface area contributed by atoms with Crippen LogP contribution in [0, 0.1) is 6.92 Å². The first-order chi connectivity index (χ1) is 8.56. The molecule has 0 aromatic carbocycles. The van der Waals surface area contributed by atoms with Crippen LogP contribution in [0.4, 0.5) is 5.69 Å². The number of hydrogen-bond donors (Lipinski definition) is 3. The molecule has 0 aliphatic rings. The van der Waals surface area contributed by atoms with Gasteiger partial charge in [-0.25, -0.2) is 4.79 Å². The van der Waals surface area contributed by atoms with Crippen molar-refractivity contribution in [3.8, 4) is 0 Å². The highest BCUT2D eigenvalue weighted by atomic mass is 16.5. The third kappa shape index (κ3) is 3.89. The van der Waals surface area contributed by atoms with E-state index in [1.54, 1.807) is 6.92 Å². The molecule has 6 nitrogen and oxygen atoms in total. The number of aromatic carboxylic acids is 1. The molecule has 1 rings (SSSR count). The van der Waals surface area contributed by atoms with Gasteiger partial charge in [0.2, 0.25) is 5.91 Å². The number of ether oxygens (including phenoxy) is 1. The molecular formula is C12H18N2O4. The van der Waals surface area contributed by atoms with E-state index < -0.39 is 5.97 Å². The number of carboxylic acids is 1. The van der Waals surface area contributed by atoms with Gasteiger partial charge in [0.1, 0.15) is 5.56 Å². The molecule has 0 unspecified atom stereocenters. The van der Waals surface area contributed by atoms with Gasteiger partial charge in [-0.1, -0.05) is 6.92 Å². The molecule has 18 heavy (non-hydrogen) atoms. The number of nitrogens with one attached hydrogen (secondary N) is 2. The number of aryl methyl sites for hydroxylation is 1. The highest BCUT2D eigenvalue weighted by Gasteiger charge is 2.16. The Hall–Kier alpha value is -1.82. The molecule has 0 radical (unpaired) electrons. The largest absolute Gasteiger partial charge is 0.478 e. The number of carbonyl (C=O) groups is 2. The van der Waals surface area contributed by atoms with E-state index in [0.29, 0.717) is 24.6 Å². The van der Waals surface area contributed by atoms with Crippen LogP contribution < -0.4 is 5.32 Å². The smallest absolute Gasteiger partial charge is 0.339 e. The number of anilines is 1. The van der Waals surface area contributed by atoms with E-state index in [4.69, 9.17) is 9.84 Å². The molecule has 1 aromatic rings. The zero-order valence-electron chi connectivity index (χ0n) is 10.6. The van der Waals surface area contributed by atoms with Crippen molar-refractivity contribution in [2.24, 2.45) is 0 Å². The third-order valence-corrected chi connectivity index (χ3v) is 2.39. The van der Waals surface area contributed by atoms with Gasteiger partial charge in [-0.2, -0.15) is 0 Å². The number of hydrogen-bond acceptors (Lipinski definition) is 3. The van der Waals surface area contributed by atoms with Gasteiger partial charge in [0.25, 0.3) is 0 Å². The van der Waals surface area contributed by atoms with Gasteiger partial charge in [0.15, 0.2) is 0 Å². The van der Waals surface area contributed by atoms with E-state index in [1.807, 2.05) is 6.92 Å². The summed E-state index contributed by atoms with van der Waals surface area (Å²) < 4.78 is 5.19. The van der Waals surface area contributed by atoms with Crippen molar-refractivity contribution in [2.45, 2.75) is 26.7 Å². The minimum atomic E-state index is -1.06. The summed E-state index contributed by atoms with van der Waals surface area (Å²) in [5.74, 6) is -1.32. The number of aromatic nitrogens is 1. The molecule has 0 atom stereocenters. The minimum absolute atomic E-state index is 0.0952. The van der Waals surface area contributed by atoms with Gasteiger partial charge < -0.3 is 20.1 Å². The number of aromatic amines is 1. The maximum absolute atomic E-state index is 11.6. The molecule has 100 valence electrons. The Bertz CT molecular complexity index is 426. The van der Waals surface area contributed by atoms with Gasteiger partial charge in [-0.3, -0.25) is 4.79 Å². The Morgan fingerprint density at radius 3 is 2.78 bits per heavy atom. The summed E-state index contributed by atoms with van der Waals surface area (Å²) in [4.78, 5) is 25.3. The normalized spacial score (nSPS) is 10.3. The maximum Gasteiger partial charge on any atom is 0.339 e. The van der Waals surface area contributed by atoms with E-state index in [9.17, 15) is 9.59 Å². The topological polar surface area (TPSA) is 91.4 Å². The van der Waals surface area contributed by atoms with Crippen molar-refractivity contribution in [1.82, 2.24) is 4.98 Å². The zero-order valence-corrected chi connectivity index (χ0v) is 10.6. The van der Waals surface area contributed by atoms with Crippen LogP contribution in [0.25, 0.3) is 0 Å². The lowest BCUT2D eigenvalue weighted by Crippen LogP contribution is -2.16. The number of H-pyrrole nitrogens is 1. The van der Waals surface area contributed by atoms with Crippen LogP contribution in [0.1, 0.15) is 35.8 Å². The summed E-state index contributed by atoms with van der Waals surface area (Å²) >= 11 is 0. The van der Waals surface area contributed by atoms with Crippen LogP contribution in [-0.4, -0.2) is 35.2 Å². The fourth-order valence-corrected chi connectivity index (χ4v) is 1.52. The van der Waals surface area contributed by atoms with Gasteiger partial charge in [0.05, 0.1) is 18.7 Å². The second-order valence-electron chi connectivity index (χ2n) is 3.92. The Kier molecular flexibility index (Phi) is 5.38. The molecule has 0 saturated heterocycles. The van der Waals surface area contributed by atoms with Crippen LogP contribution in [0.5, 0.6) is 0 Å². The lowest BCUT2D eigenvalue weighted by Gasteiger charge is -2.05. The predicted octanol–water partition coefficient (Wildman–Crippen LogP) is 1.78. The fraction of sp³-hybridized carbons (Fsp3) is 0.500. The molecule has 0 aliphatic carbocycles. The second-order valence-corrected chi connectivity index (χ2v) is 3.92. The van der Waals surface area contributed by atoms with Crippen LogP contribution in [-0.2, 0) is 9.53 Å². The lowest BCUT2D eigenvalue weighted by atomic mass is 10.2. The third-order valence-electron chi connectivity index (χ3n) is 2.39. The molecule has 0 aliphatic heterocycles. The van der Waals surface area contributed by atoms with E-state index in [2.05, 4.69) is 10.3 Å². The minimum Gasteiger partial charge on any atom is -0.478 e. The summed E-state index contributed by atoms with van der Waals surface area (Å²) in [5, 5.41) is 11.6. The fourth-order valence-electron chi connectivity index (χ4n) is 1.52. The molecule has 0 fully saturated rings. The first-order valence-corrected chi connectivity index (χ1v) is 5.85. The van der Waals surface area contributed by atoms with Crippen LogP contribution >= 0.6 is 0 Å². The highest BCUT2D eigenvalue weighted by Crippen LogP contribution is 2.19. The maximum atomic E-state index is 11.6. The summed E-state index contributed by atoms with van der Waals surface area (Å²) in [5.41, 5.74) is 0.901. The van der Waals surface area contributed by atoms with E-state index in [-0.39, 0.29) is 17.9 Å². The van der Waals surface area contributed by atoms with E-state index >= 15 is 0 Å². The standard InChI is InChI=1S/C12H18N2O4/c1-3-5-18-6-4-10(15)14-9-7-13-8(2)11(9)12(16)17/h7,13H,3-6H2,1-2H3,(H,14,15)(H,16,17). The average Bonchev–Trinajstić information content (AvgIpc) is 2.66. The second kappa shape index (κ2) is 6.80. The Balaban J connectivity index is 2.52. The van der Waals surface area contributed by atoms with Crippen molar-refractivity contribution in [3.63, 3.8) is 0 Å². The molecule has 0 spiro atoms. The Morgan fingerprint density at radius 1 is 1.44 bits per heavy atom. The average molecular weight is 254 g/mol. The number of amides is 1. The SMILES string of the molecule is CCCOCCC(=O)Nc1c[nH]c(C)c1C(=O)O. The van der Waals surface area contributed by atoms with Crippen LogP contribution in [0.2, 0.25) is 0 Å². The number of carboxylic acid groups (broad SMARTS) is 1. The Labute approximate surface area is 105 Å². The molecule has 0 saturated carbocycles. The highest BCUT2D eigenvalue weighted by molar-refractivity contribution is 6.01. The van der Waals surface area contributed by atoms with Crippen molar-refractivity contribution in [2.75, 3.05) is 18.5 Å². The molecule has 1 aromatic heterocycles. The molecule has 6 heteroatoms. The van der Waals surface area contributed by atoms with Crippen molar-refractivity contribution in [3.05, 3.63) is 17.5 Å². The van der Waals surface area contributed by atoms with E-state index in [1.165, 1.54) is 6.20 Å². The van der Waals surface area contributed by atoms with E-state index in [0.717, 1.165) is 6.42 Å². The molecule has 1 amide bonds. The molecule has 0 bridgehead atoms. The van der Waals surface area contributed by atoms with Crippen LogP contribution in [0.3, 0.4) is 0 Å². The first kappa shape index (κ1) is 14.2. The van der Waals surface area contributed by atoms with Gasteiger partial charge in [-0.05, 0) is 13.3 Å². The van der Waals surface area contributed by atoms with Crippen molar-refractivity contribution in [1.29, 1.82) is 0 Å². The Morgan fingerprint density at radius 2 is 2.17 bits per heavy atom. The molecule has 1 heterocycles. The zero-order chi connectivity index (χ0) is 13.5. The summed E-state index contributed by atoms with van der Waals surface area (Å²) in [6.45, 7) is 4.59. The summed E-state index contributed by atoms with van der Waals surface area (Å²) in [6.07, 6.45) is 2.59.